The van der Waals surface area contributed by atoms with E-state index in [0.717, 1.165) is 18.9 Å². The Labute approximate surface area is 107 Å². The van der Waals surface area contributed by atoms with Crippen LogP contribution in [0.15, 0.2) is 0 Å². The van der Waals surface area contributed by atoms with E-state index in [1.165, 1.54) is 45.2 Å². The lowest BCUT2D eigenvalue weighted by Gasteiger charge is -2.33. The van der Waals surface area contributed by atoms with Crippen LogP contribution in [0.25, 0.3) is 0 Å². The highest BCUT2D eigenvalue weighted by molar-refractivity contribution is 4.78. The number of rotatable bonds is 8. The van der Waals surface area contributed by atoms with Crippen LogP contribution in [0.3, 0.4) is 0 Å². The summed E-state index contributed by atoms with van der Waals surface area (Å²) in [4.78, 5) is 2.43. The van der Waals surface area contributed by atoms with Crippen molar-refractivity contribution in [3.05, 3.63) is 0 Å². The maximum atomic E-state index is 8.68. The molecule has 1 heterocycles. The Kier molecular flexibility index (Phi) is 7.82. The van der Waals surface area contributed by atoms with Crippen LogP contribution in [0.5, 0.6) is 0 Å². The van der Waals surface area contributed by atoms with Crippen molar-refractivity contribution in [3.8, 4) is 0 Å². The summed E-state index contributed by atoms with van der Waals surface area (Å²) in [7, 11) is 2.22. The number of nitrogens with zero attached hydrogens (tertiary/aromatic N) is 1. The Morgan fingerprint density at radius 2 is 1.82 bits per heavy atom. The zero-order valence-corrected chi connectivity index (χ0v) is 11.6. The number of aliphatic hydroxyl groups is 1. The molecule has 0 saturated carbocycles. The standard InChI is InChI=1S/C14H30N2O/c1-13(14-7-10-16(2)11-8-14)15-9-5-3-4-6-12-17/h13-15,17H,3-12H2,1-2H3. The summed E-state index contributed by atoms with van der Waals surface area (Å²) in [5.41, 5.74) is 0. The lowest BCUT2D eigenvalue weighted by Crippen LogP contribution is -2.40. The van der Waals surface area contributed by atoms with Crippen molar-refractivity contribution in [2.24, 2.45) is 5.92 Å². The second-order valence-corrected chi connectivity index (χ2v) is 5.52. The zero-order valence-electron chi connectivity index (χ0n) is 11.6. The van der Waals surface area contributed by atoms with Crippen LogP contribution in [0.4, 0.5) is 0 Å². The molecule has 0 radical (unpaired) electrons. The summed E-state index contributed by atoms with van der Waals surface area (Å²) in [6, 6.07) is 0.668. The van der Waals surface area contributed by atoms with E-state index >= 15 is 0 Å². The van der Waals surface area contributed by atoms with E-state index in [2.05, 4.69) is 24.2 Å². The molecule has 3 nitrogen and oxygen atoms in total. The Morgan fingerprint density at radius 3 is 2.47 bits per heavy atom. The first kappa shape index (κ1) is 14.9. The van der Waals surface area contributed by atoms with Crippen LogP contribution in [-0.4, -0.2) is 49.3 Å². The highest BCUT2D eigenvalue weighted by atomic mass is 16.2. The van der Waals surface area contributed by atoms with Crippen LogP contribution >= 0.6 is 0 Å². The molecule has 0 aromatic rings. The van der Waals surface area contributed by atoms with Crippen molar-refractivity contribution in [2.45, 2.75) is 51.5 Å². The van der Waals surface area contributed by atoms with Gasteiger partial charge in [-0.2, -0.15) is 0 Å². The van der Waals surface area contributed by atoms with Crippen molar-refractivity contribution in [1.82, 2.24) is 10.2 Å². The highest BCUT2D eigenvalue weighted by Crippen LogP contribution is 2.19. The molecule has 3 heteroatoms. The molecule has 1 aliphatic rings. The van der Waals surface area contributed by atoms with Crippen molar-refractivity contribution < 1.29 is 5.11 Å². The molecule has 1 saturated heterocycles. The van der Waals surface area contributed by atoms with E-state index in [1.807, 2.05) is 0 Å². The van der Waals surface area contributed by atoms with Crippen molar-refractivity contribution in [3.63, 3.8) is 0 Å². The van der Waals surface area contributed by atoms with E-state index in [0.29, 0.717) is 12.6 Å². The van der Waals surface area contributed by atoms with E-state index < -0.39 is 0 Å². The minimum Gasteiger partial charge on any atom is -0.396 e. The Morgan fingerprint density at radius 1 is 1.18 bits per heavy atom. The molecule has 2 N–H and O–H groups in total. The fourth-order valence-corrected chi connectivity index (χ4v) is 2.62. The van der Waals surface area contributed by atoms with Gasteiger partial charge in [0.2, 0.25) is 0 Å². The van der Waals surface area contributed by atoms with Crippen molar-refractivity contribution in [2.75, 3.05) is 33.3 Å². The molecular weight excluding hydrogens is 212 g/mol. The Balaban J connectivity index is 1.99. The molecule has 0 aromatic heterocycles. The number of hydrogen-bond acceptors (Lipinski definition) is 3. The summed E-state index contributed by atoms with van der Waals surface area (Å²) >= 11 is 0. The molecule has 1 rings (SSSR count). The molecule has 0 bridgehead atoms. The second kappa shape index (κ2) is 8.90. The first-order valence-corrected chi connectivity index (χ1v) is 7.27. The molecule has 0 aliphatic carbocycles. The van der Waals surface area contributed by atoms with Crippen LogP contribution < -0.4 is 5.32 Å². The number of hydrogen-bond donors (Lipinski definition) is 2. The van der Waals surface area contributed by atoms with Gasteiger partial charge in [-0.3, -0.25) is 0 Å². The minimum absolute atomic E-state index is 0.347. The number of unbranched alkanes of at least 4 members (excludes halogenated alkanes) is 3. The lowest BCUT2D eigenvalue weighted by atomic mass is 9.90. The van der Waals surface area contributed by atoms with Gasteiger partial charge < -0.3 is 15.3 Å². The molecule has 0 aromatic carbocycles. The van der Waals surface area contributed by atoms with Gasteiger partial charge in [0.1, 0.15) is 0 Å². The average molecular weight is 242 g/mol. The fraction of sp³-hybridized carbons (Fsp3) is 1.00. The SMILES string of the molecule is CC(NCCCCCCO)C1CCN(C)CC1. The van der Waals surface area contributed by atoms with Gasteiger partial charge >= 0.3 is 0 Å². The zero-order chi connectivity index (χ0) is 12.5. The van der Waals surface area contributed by atoms with Gasteiger partial charge in [0.25, 0.3) is 0 Å². The van der Waals surface area contributed by atoms with Gasteiger partial charge in [-0.1, -0.05) is 12.8 Å². The summed E-state index contributed by atoms with van der Waals surface area (Å²) in [6.07, 6.45) is 7.31. The van der Waals surface area contributed by atoms with Gasteiger partial charge in [-0.25, -0.2) is 0 Å². The third kappa shape index (κ3) is 6.39. The molecule has 1 fully saturated rings. The van der Waals surface area contributed by atoms with Gasteiger partial charge in [0.15, 0.2) is 0 Å². The molecule has 1 atom stereocenters. The van der Waals surface area contributed by atoms with Crippen molar-refractivity contribution >= 4 is 0 Å². The summed E-state index contributed by atoms with van der Waals surface area (Å²) in [5, 5.41) is 12.3. The largest absolute Gasteiger partial charge is 0.396 e. The van der Waals surface area contributed by atoms with Gasteiger partial charge in [0, 0.05) is 12.6 Å². The molecule has 1 aliphatic heterocycles. The number of likely N-dealkylation sites (tertiary alicyclic amines) is 1. The number of nitrogens with one attached hydrogen (secondary N) is 1. The fourth-order valence-electron chi connectivity index (χ4n) is 2.62. The minimum atomic E-state index is 0.347. The van der Waals surface area contributed by atoms with E-state index in [9.17, 15) is 0 Å². The van der Waals surface area contributed by atoms with Gasteiger partial charge in [-0.15, -0.1) is 0 Å². The molecule has 0 spiro atoms. The molecule has 102 valence electrons. The summed E-state index contributed by atoms with van der Waals surface area (Å²) in [6.45, 7) is 6.34. The molecule has 0 amide bonds. The normalized spacial score (nSPS) is 20.6. The van der Waals surface area contributed by atoms with Crippen LogP contribution in [0.2, 0.25) is 0 Å². The number of aliphatic hydroxyl groups excluding tert-OH is 1. The molecule has 17 heavy (non-hydrogen) atoms. The Bertz CT molecular complexity index is 179. The average Bonchev–Trinajstić information content (AvgIpc) is 2.34. The van der Waals surface area contributed by atoms with Gasteiger partial charge in [-0.05, 0) is 65.2 Å². The van der Waals surface area contributed by atoms with E-state index in [1.54, 1.807) is 0 Å². The molecular formula is C14H30N2O. The molecule has 1 unspecified atom stereocenters. The smallest absolute Gasteiger partial charge is 0.0431 e. The lowest BCUT2D eigenvalue weighted by molar-refractivity contribution is 0.190. The van der Waals surface area contributed by atoms with Crippen LogP contribution in [-0.2, 0) is 0 Å². The second-order valence-electron chi connectivity index (χ2n) is 5.52. The number of piperidine rings is 1. The Hall–Kier alpha value is -0.120. The first-order chi connectivity index (χ1) is 8.24. The van der Waals surface area contributed by atoms with E-state index in [4.69, 9.17) is 5.11 Å². The van der Waals surface area contributed by atoms with Crippen LogP contribution in [0.1, 0.15) is 45.4 Å². The maximum Gasteiger partial charge on any atom is 0.0431 e. The van der Waals surface area contributed by atoms with Crippen molar-refractivity contribution in [1.29, 1.82) is 0 Å². The first-order valence-electron chi connectivity index (χ1n) is 7.27. The van der Waals surface area contributed by atoms with Crippen LogP contribution in [0, 0.1) is 5.92 Å². The highest BCUT2D eigenvalue weighted by Gasteiger charge is 2.21. The topological polar surface area (TPSA) is 35.5 Å². The third-order valence-electron chi connectivity index (χ3n) is 4.02. The predicted molar refractivity (Wildman–Crippen MR) is 73.2 cm³/mol. The quantitative estimate of drug-likeness (QED) is 0.638. The monoisotopic (exact) mass is 242 g/mol. The third-order valence-corrected chi connectivity index (χ3v) is 4.02. The van der Waals surface area contributed by atoms with E-state index in [-0.39, 0.29) is 0 Å². The predicted octanol–water partition coefficient (Wildman–Crippen LogP) is 1.86. The summed E-state index contributed by atoms with van der Waals surface area (Å²) in [5.74, 6) is 0.864. The summed E-state index contributed by atoms with van der Waals surface area (Å²) < 4.78 is 0. The maximum absolute atomic E-state index is 8.68. The van der Waals surface area contributed by atoms with Gasteiger partial charge in [0.05, 0.1) is 0 Å².